The predicted molar refractivity (Wildman–Crippen MR) is 136 cm³/mol. The standard InChI is InChI=1S/C25H32ClF2N5O3/c1-14-22(21(15(2)29)16(3)34)31-23(32-24(14)33-9-5-8-25(27,28)13-33)19-10-18(6-7-20(19)26)36-12-17(35)11-30-4/h6-7,10,17,30,35H,5,8-9,11-13,29H2,1-4H3/t17-/m1/s1. The number of piperidine rings is 1. The first-order chi connectivity index (χ1) is 16.9. The number of Topliss-reactive ketones (excluding diaryl/α,β-unsaturated/α-hetero) is 1. The van der Waals surface area contributed by atoms with Crippen LogP contribution in [0.4, 0.5) is 14.6 Å². The normalized spacial score (nSPS) is 16.9. The fourth-order valence-electron chi connectivity index (χ4n) is 4.21. The van der Waals surface area contributed by atoms with E-state index in [1.54, 1.807) is 39.1 Å². The number of hydrogen-bond donors (Lipinski definition) is 3. The summed E-state index contributed by atoms with van der Waals surface area (Å²) in [5, 5.41) is 13.1. The van der Waals surface area contributed by atoms with E-state index in [9.17, 15) is 18.7 Å². The third kappa shape index (κ3) is 6.48. The summed E-state index contributed by atoms with van der Waals surface area (Å²) < 4.78 is 34.3. The average molecular weight is 524 g/mol. The maximum absolute atomic E-state index is 14.3. The van der Waals surface area contributed by atoms with Crippen molar-refractivity contribution in [3.05, 3.63) is 40.2 Å². The molecular weight excluding hydrogens is 492 g/mol. The fraction of sp³-hybridized carbons (Fsp3) is 0.480. The Morgan fingerprint density at radius 2 is 2.08 bits per heavy atom. The Bertz CT molecular complexity index is 1150. The maximum atomic E-state index is 14.3. The number of anilines is 1. The number of nitrogens with two attached hydrogens (primary N) is 1. The first kappa shape index (κ1) is 27.8. The number of aromatic nitrogens is 2. The number of ketones is 1. The maximum Gasteiger partial charge on any atom is 0.265 e. The van der Waals surface area contributed by atoms with Gasteiger partial charge in [-0.15, -0.1) is 0 Å². The number of ether oxygens (including phenoxy) is 1. The summed E-state index contributed by atoms with van der Waals surface area (Å²) in [5.41, 5.74) is 7.62. The third-order valence-electron chi connectivity index (χ3n) is 5.86. The van der Waals surface area contributed by atoms with Gasteiger partial charge in [0.1, 0.15) is 24.3 Å². The van der Waals surface area contributed by atoms with Crippen molar-refractivity contribution in [2.45, 2.75) is 45.6 Å². The molecule has 1 aromatic heterocycles. The van der Waals surface area contributed by atoms with Crippen LogP contribution in [0.2, 0.25) is 5.02 Å². The molecule has 36 heavy (non-hydrogen) atoms. The van der Waals surface area contributed by atoms with Gasteiger partial charge < -0.3 is 25.8 Å². The van der Waals surface area contributed by atoms with Gasteiger partial charge in [0, 0.05) is 36.3 Å². The predicted octanol–water partition coefficient (Wildman–Crippen LogP) is 3.58. The molecule has 11 heteroatoms. The Hall–Kier alpha value is -2.82. The minimum absolute atomic E-state index is 0.0413. The number of halogens is 3. The average Bonchev–Trinajstić information content (AvgIpc) is 2.79. The number of aliphatic hydroxyl groups excluding tert-OH is 1. The number of allylic oxidation sites excluding steroid dienone is 2. The molecule has 4 N–H and O–H groups in total. The lowest BCUT2D eigenvalue weighted by atomic mass is 10.0. The lowest BCUT2D eigenvalue weighted by molar-refractivity contribution is -0.111. The minimum Gasteiger partial charge on any atom is -0.491 e. The number of carbonyl (C=O) groups is 1. The van der Waals surface area contributed by atoms with Crippen molar-refractivity contribution in [1.82, 2.24) is 15.3 Å². The SMILES string of the molecule is CNC[C@@H](O)COc1ccc(Cl)c(-c2nc(C(C(C)=O)=C(C)N)c(C)c(N3CCCC(F)(F)C3)n2)c1. The van der Waals surface area contributed by atoms with Crippen LogP contribution in [0.15, 0.2) is 23.9 Å². The van der Waals surface area contributed by atoms with Crippen molar-refractivity contribution in [1.29, 1.82) is 0 Å². The number of aliphatic hydroxyl groups is 1. The molecule has 0 amide bonds. The van der Waals surface area contributed by atoms with Gasteiger partial charge in [-0.05, 0) is 52.4 Å². The van der Waals surface area contributed by atoms with Gasteiger partial charge >= 0.3 is 0 Å². The number of hydrogen-bond acceptors (Lipinski definition) is 8. The first-order valence-electron chi connectivity index (χ1n) is 11.7. The van der Waals surface area contributed by atoms with E-state index >= 15 is 0 Å². The first-order valence-corrected chi connectivity index (χ1v) is 12.1. The Balaban J connectivity index is 2.15. The van der Waals surface area contributed by atoms with Crippen molar-refractivity contribution in [3.8, 4) is 17.1 Å². The molecule has 0 aliphatic carbocycles. The number of nitrogens with zero attached hydrogens (tertiary/aromatic N) is 3. The van der Waals surface area contributed by atoms with Gasteiger partial charge in [0.2, 0.25) is 0 Å². The van der Waals surface area contributed by atoms with E-state index < -0.39 is 18.6 Å². The third-order valence-corrected chi connectivity index (χ3v) is 6.19. The number of benzene rings is 1. The van der Waals surface area contributed by atoms with E-state index in [1.165, 1.54) is 11.8 Å². The molecule has 2 aromatic rings. The molecule has 2 heterocycles. The van der Waals surface area contributed by atoms with Gasteiger partial charge in [0.15, 0.2) is 11.6 Å². The zero-order valence-corrected chi connectivity index (χ0v) is 21.6. The van der Waals surface area contributed by atoms with Crippen LogP contribution >= 0.6 is 11.6 Å². The van der Waals surface area contributed by atoms with Crippen LogP contribution in [0.25, 0.3) is 17.0 Å². The molecule has 1 aliphatic heterocycles. The van der Waals surface area contributed by atoms with Crippen LogP contribution in [0.5, 0.6) is 5.75 Å². The second-order valence-electron chi connectivity index (χ2n) is 9.00. The molecule has 3 rings (SSSR count). The van der Waals surface area contributed by atoms with Crippen LogP contribution in [0, 0.1) is 6.92 Å². The summed E-state index contributed by atoms with van der Waals surface area (Å²) in [7, 11) is 1.72. The molecule has 1 saturated heterocycles. The van der Waals surface area contributed by atoms with Crippen molar-refractivity contribution in [2.24, 2.45) is 5.73 Å². The molecular formula is C25H32ClF2N5O3. The monoisotopic (exact) mass is 523 g/mol. The fourth-order valence-corrected chi connectivity index (χ4v) is 4.41. The molecule has 0 saturated carbocycles. The minimum atomic E-state index is -2.86. The number of alkyl halides is 2. The van der Waals surface area contributed by atoms with Gasteiger partial charge in [-0.1, -0.05) is 11.6 Å². The van der Waals surface area contributed by atoms with Crippen LogP contribution in [-0.4, -0.2) is 66.2 Å². The zero-order chi connectivity index (χ0) is 26.6. The van der Waals surface area contributed by atoms with Gasteiger partial charge in [-0.25, -0.2) is 18.7 Å². The van der Waals surface area contributed by atoms with E-state index in [0.717, 1.165) is 0 Å². The molecule has 1 aliphatic rings. The van der Waals surface area contributed by atoms with E-state index in [2.05, 4.69) is 15.3 Å². The van der Waals surface area contributed by atoms with Crippen molar-refractivity contribution < 1.29 is 23.4 Å². The highest BCUT2D eigenvalue weighted by atomic mass is 35.5. The van der Waals surface area contributed by atoms with Gasteiger partial charge in [-0.3, -0.25) is 4.79 Å². The molecule has 1 aromatic carbocycles. The molecule has 0 unspecified atom stereocenters. The second-order valence-corrected chi connectivity index (χ2v) is 9.41. The van der Waals surface area contributed by atoms with Crippen molar-refractivity contribution in [3.63, 3.8) is 0 Å². The lowest BCUT2D eigenvalue weighted by Gasteiger charge is -2.34. The van der Waals surface area contributed by atoms with Crippen LogP contribution in [-0.2, 0) is 4.79 Å². The smallest absolute Gasteiger partial charge is 0.265 e. The highest BCUT2D eigenvalue weighted by Gasteiger charge is 2.37. The molecule has 196 valence electrons. The topological polar surface area (TPSA) is 114 Å². The van der Waals surface area contributed by atoms with Crippen LogP contribution < -0.4 is 20.7 Å². The number of likely N-dealkylation sites (N-methyl/N-ethyl adjacent to an activating group) is 1. The molecule has 0 bridgehead atoms. The molecule has 8 nitrogen and oxygen atoms in total. The Kier molecular flexibility index (Phi) is 8.86. The van der Waals surface area contributed by atoms with Crippen molar-refractivity contribution >= 4 is 28.8 Å². The van der Waals surface area contributed by atoms with E-state index in [-0.39, 0.29) is 41.6 Å². The summed E-state index contributed by atoms with van der Waals surface area (Å²) >= 11 is 6.49. The summed E-state index contributed by atoms with van der Waals surface area (Å²) in [4.78, 5) is 23.3. The van der Waals surface area contributed by atoms with E-state index in [1.807, 2.05) is 0 Å². The zero-order valence-electron chi connectivity index (χ0n) is 20.9. The summed E-state index contributed by atoms with van der Waals surface area (Å²) in [5.74, 6) is -2.32. The van der Waals surface area contributed by atoms with E-state index in [4.69, 9.17) is 22.1 Å². The van der Waals surface area contributed by atoms with E-state index in [0.29, 0.717) is 47.2 Å². The highest BCUT2D eigenvalue weighted by Crippen LogP contribution is 2.37. The van der Waals surface area contributed by atoms with Crippen molar-refractivity contribution in [2.75, 3.05) is 38.2 Å². The summed E-state index contributed by atoms with van der Waals surface area (Å²) in [6.45, 7) is 4.94. The van der Waals surface area contributed by atoms with Gasteiger partial charge in [0.25, 0.3) is 5.92 Å². The van der Waals surface area contributed by atoms with Gasteiger partial charge in [0.05, 0.1) is 22.8 Å². The number of nitrogens with one attached hydrogen (secondary N) is 1. The largest absolute Gasteiger partial charge is 0.491 e. The Morgan fingerprint density at radius 1 is 1.36 bits per heavy atom. The highest BCUT2D eigenvalue weighted by molar-refractivity contribution is 6.33. The molecule has 0 spiro atoms. The summed E-state index contributed by atoms with van der Waals surface area (Å²) in [6.07, 6.45) is -0.622. The lowest BCUT2D eigenvalue weighted by Crippen LogP contribution is -2.43. The molecule has 1 fully saturated rings. The molecule has 1 atom stereocenters. The molecule has 0 radical (unpaired) electrons. The van der Waals surface area contributed by atoms with Crippen LogP contribution in [0.1, 0.15) is 37.9 Å². The Morgan fingerprint density at radius 3 is 2.69 bits per heavy atom. The quantitative estimate of drug-likeness (QED) is 0.427. The van der Waals surface area contributed by atoms with Crippen LogP contribution in [0.3, 0.4) is 0 Å². The van der Waals surface area contributed by atoms with Gasteiger partial charge in [-0.2, -0.15) is 0 Å². The second kappa shape index (κ2) is 11.5. The Labute approximate surface area is 214 Å². The summed E-state index contributed by atoms with van der Waals surface area (Å²) in [6, 6.07) is 4.86. The number of rotatable bonds is 9. The number of carbonyl (C=O) groups excluding carboxylic acids is 1.